The second-order valence-electron chi connectivity index (χ2n) is 9.00. The van der Waals surface area contributed by atoms with Crippen molar-refractivity contribution in [2.45, 2.75) is 43.4 Å². The molecule has 5 rings (SSSR count). The number of anilines is 3. The molecular weight excluding hydrogens is 438 g/mol. The van der Waals surface area contributed by atoms with Gasteiger partial charge in [0, 0.05) is 30.6 Å². The van der Waals surface area contributed by atoms with Gasteiger partial charge in [0.15, 0.2) is 15.5 Å². The molecule has 2 aliphatic rings. The Hall–Kier alpha value is -3.16. The minimum atomic E-state index is -3.19. The van der Waals surface area contributed by atoms with Crippen molar-refractivity contribution in [1.82, 2.24) is 19.9 Å². The molecule has 1 aliphatic heterocycles. The number of fused-ring (bicyclic) bond motifs is 1. The Morgan fingerprint density at radius 2 is 2.12 bits per heavy atom. The van der Waals surface area contributed by atoms with Gasteiger partial charge in [-0.1, -0.05) is 6.07 Å². The van der Waals surface area contributed by atoms with Gasteiger partial charge in [-0.05, 0) is 61.4 Å². The van der Waals surface area contributed by atoms with Gasteiger partial charge in [-0.15, -0.1) is 0 Å². The summed E-state index contributed by atoms with van der Waals surface area (Å²) in [7, 11) is -3.19. The third kappa shape index (κ3) is 4.94. The highest BCUT2D eigenvalue weighted by Gasteiger charge is 2.24. The monoisotopic (exact) mass is 465 g/mol. The molecule has 10 heteroatoms. The van der Waals surface area contributed by atoms with Crippen LogP contribution >= 0.6 is 0 Å². The van der Waals surface area contributed by atoms with Gasteiger partial charge in [0.1, 0.15) is 23.3 Å². The van der Waals surface area contributed by atoms with E-state index in [-0.39, 0.29) is 5.75 Å². The number of nitriles is 1. The molecule has 1 aromatic carbocycles. The summed E-state index contributed by atoms with van der Waals surface area (Å²) in [5.74, 6) is 1.64. The molecule has 3 aromatic rings. The van der Waals surface area contributed by atoms with E-state index in [9.17, 15) is 13.7 Å². The highest BCUT2D eigenvalue weighted by Crippen LogP contribution is 2.32. The van der Waals surface area contributed by atoms with Crippen LogP contribution in [0.4, 0.5) is 17.3 Å². The van der Waals surface area contributed by atoms with E-state index in [1.807, 2.05) is 24.3 Å². The molecule has 172 valence electrons. The number of nitrogens with one attached hydrogen (secondary N) is 3. The van der Waals surface area contributed by atoms with Gasteiger partial charge >= 0.3 is 0 Å². The zero-order valence-corrected chi connectivity index (χ0v) is 19.3. The first kappa shape index (κ1) is 21.7. The summed E-state index contributed by atoms with van der Waals surface area (Å²) >= 11 is 0. The van der Waals surface area contributed by atoms with E-state index >= 15 is 0 Å². The predicted molar refractivity (Wildman–Crippen MR) is 127 cm³/mol. The van der Waals surface area contributed by atoms with Crippen molar-refractivity contribution in [3.63, 3.8) is 0 Å². The first-order valence-electron chi connectivity index (χ1n) is 11.2. The van der Waals surface area contributed by atoms with Crippen molar-refractivity contribution in [1.29, 1.82) is 5.26 Å². The van der Waals surface area contributed by atoms with Gasteiger partial charge in [0.05, 0.1) is 11.9 Å². The number of sulfone groups is 1. The van der Waals surface area contributed by atoms with Crippen LogP contribution in [0.15, 0.2) is 30.5 Å². The van der Waals surface area contributed by atoms with Crippen LogP contribution < -0.4 is 16.0 Å². The first-order valence-corrected chi connectivity index (χ1v) is 13.3. The molecule has 3 heterocycles. The van der Waals surface area contributed by atoms with E-state index in [1.165, 1.54) is 12.5 Å². The Morgan fingerprint density at radius 1 is 1.27 bits per heavy atom. The van der Waals surface area contributed by atoms with Crippen LogP contribution in [0.1, 0.15) is 48.3 Å². The van der Waals surface area contributed by atoms with Crippen molar-refractivity contribution < 1.29 is 8.42 Å². The molecule has 1 aliphatic carbocycles. The molecule has 0 bridgehead atoms. The quantitative estimate of drug-likeness (QED) is 0.487. The Morgan fingerprint density at radius 3 is 2.82 bits per heavy atom. The maximum Gasteiger partial charge on any atom is 0.177 e. The van der Waals surface area contributed by atoms with E-state index in [0.717, 1.165) is 61.4 Å². The zero-order valence-electron chi connectivity index (χ0n) is 18.5. The summed E-state index contributed by atoms with van der Waals surface area (Å²) < 4.78 is 25.9. The fraction of sp³-hybridized carbons (Fsp3) is 0.435. The standard InChI is InChI=1S/C23H27N7O2S/c1-33(31,32)14-16-9-19(6-7-20(16)15-3-2-8-25-12-15)27-21-10-22(28-18-4-5-18)30-23(29-21)17(11-24)13-26-30/h6-7,9-10,13,15,18,25,28H,2-5,8,12,14H2,1H3,(H,27,29). The van der Waals surface area contributed by atoms with Crippen LogP contribution in [0.5, 0.6) is 0 Å². The van der Waals surface area contributed by atoms with E-state index in [2.05, 4.69) is 32.1 Å². The van der Waals surface area contributed by atoms with Crippen molar-refractivity contribution in [2.24, 2.45) is 0 Å². The lowest BCUT2D eigenvalue weighted by Crippen LogP contribution is -2.29. The number of benzene rings is 1. The van der Waals surface area contributed by atoms with Gasteiger partial charge in [-0.2, -0.15) is 14.9 Å². The molecule has 9 nitrogen and oxygen atoms in total. The molecule has 1 saturated carbocycles. The number of piperidine rings is 1. The fourth-order valence-electron chi connectivity index (χ4n) is 4.40. The smallest absolute Gasteiger partial charge is 0.177 e. The predicted octanol–water partition coefficient (Wildman–Crippen LogP) is 2.93. The highest BCUT2D eigenvalue weighted by molar-refractivity contribution is 7.89. The number of hydrogen-bond donors (Lipinski definition) is 3. The highest BCUT2D eigenvalue weighted by atomic mass is 32.2. The SMILES string of the molecule is CS(=O)(=O)Cc1cc(Nc2cc(NC3CC3)n3ncc(C#N)c3n2)ccc1C1CCCNC1. The van der Waals surface area contributed by atoms with E-state index in [0.29, 0.717) is 29.0 Å². The van der Waals surface area contributed by atoms with Crippen molar-refractivity contribution in [2.75, 3.05) is 30.0 Å². The Labute approximate surface area is 193 Å². The number of aromatic nitrogens is 3. The summed E-state index contributed by atoms with van der Waals surface area (Å²) in [5.41, 5.74) is 3.53. The van der Waals surface area contributed by atoms with Crippen LogP contribution in [0, 0.1) is 11.3 Å². The van der Waals surface area contributed by atoms with Crippen LogP contribution in [0.25, 0.3) is 5.65 Å². The van der Waals surface area contributed by atoms with E-state index < -0.39 is 9.84 Å². The van der Waals surface area contributed by atoms with Crippen LogP contribution in [0.3, 0.4) is 0 Å². The lowest BCUT2D eigenvalue weighted by molar-refractivity contribution is 0.460. The summed E-state index contributed by atoms with van der Waals surface area (Å²) in [6.07, 6.45) is 7.11. The zero-order chi connectivity index (χ0) is 23.0. The topological polar surface area (TPSA) is 124 Å². The average Bonchev–Trinajstić information content (AvgIpc) is 3.49. The van der Waals surface area contributed by atoms with Gasteiger partial charge in [0.2, 0.25) is 0 Å². The third-order valence-electron chi connectivity index (χ3n) is 6.09. The molecule has 0 amide bonds. The van der Waals surface area contributed by atoms with Gasteiger partial charge in [0.25, 0.3) is 0 Å². The van der Waals surface area contributed by atoms with E-state index in [4.69, 9.17) is 0 Å². The Balaban J connectivity index is 1.50. The van der Waals surface area contributed by atoms with Gasteiger partial charge in [-0.3, -0.25) is 0 Å². The van der Waals surface area contributed by atoms with Crippen LogP contribution in [-0.4, -0.2) is 48.4 Å². The summed E-state index contributed by atoms with van der Waals surface area (Å²) in [5, 5.41) is 23.9. The van der Waals surface area contributed by atoms with E-state index in [1.54, 1.807) is 4.52 Å². The third-order valence-corrected chi connectivity index (χ3v) is 6.93. The van der Waals surface area contributed by atoms with Crippen molar-refractivity contribution in [3.05, 3.63) is 47.2 Å². The normalized spacial score (nSPS) is 18.7. The van der Waals surface area contributed by atoms with Crippen molar-refractivity contribution >= 4 is 32.8 Å². The molecular formula is C23H27N7O2S. The molecule has 2 fully saturated rings. The van der Waals surface area contributed by atoms with Gasteiger partial charge < -0.3 is 16.0 Å². The van der Waals surface area contributed by atoms with Crippen LogP contribution in [0.2, 0.25) is 0 Å². The molecule has 33 heavy (non-hydrogen) atoms. The summed E-state index contributed by atoms with van der Waals surface area (Å²) in [6.45, 7) is 1.86. The second kappa shape index (κ2) is 8.65. The van der Waals surface area contributed by atoms with Gasteiger partial charge in [-0.25, -0.2) is 13.4 Å². The lowest BCUT2D eigenvalue weighted by Gasteiger charge is -2.25. The average molecular weight is 466 g/mol. The maximum absolute atomic E-state index is 12.1. The van der Waals surface area contributed by atoms with Crippen molar-refractivity contribution in [3.8, 4) is 6.07 Å². The summed E-state index contributed by atoms with van der Waals surface area (Å²) in [4.78, 5) is 4.60. The van der Waals surface area contributed by atoms with Crippen LogP contribution in [-0.2, 0) is 15.6 Å². The molecule has 1 unspecified atom stereocenters. The minimum absolute atomic E-state index is 0.00347. The molecule has 0 spiro atoms. The lowest BCUT2D eigenvalue weighted by atomic mass is 9.88. The second-order valence-corrected chi connectivity index (χ2v) is 11.1. The Bertz CT molecular complexity index is 1330. The minimum Gasteiger partial charge on any atom is -0.367 e. The molecule has 3 N–H and O–H groups in total. The number of rotatable bonds is 7. The molecule has 2 aromatic heterocycles. The maximum atomic E-state index is 12.1. The summed E-state index contributed by atoms with van der Waals surface area (Å²) in [6, 6.07) is 10.3. The first-order chi connectivity index (χ1) is 15.9. The molecule has 0 radical (unpaired) electrons. The largest absolute Gasteiger partial charge is 0.367 e. The number of nitrogens with zero attached hydrogens (tertiary/aromatic N) is 4. The Kier molecular flexibility index (Phi) is 5.68. The number of hydrogen-bond acceptors (Lipinski definition) is 8. The molecule has 1 saturated heterocycles. The fourth-order valence-corrected chi connectivity index (χ4v) is 5.21. The molecule has 1 atom stereocenters.